The number of phenols is 1. The molecular formula is C18H32BaO. The van der Waals surface area contributed by atoms with Crippen molar-refractivity contribution in [3.63, 3.8) is 0 Å². The van der Waals surface area contributed by atoms with Crippen LogP contribution in [0.1, 0.15) is 76.7 Å². The molecule has 0 aliphatic heterocycles. The first kappa shape index (κ1) is 20.6. The third-order valence-corrected chi connectivity index (χ3v) is 3.76. The summed E-state index contributed by atoms with van der Waals surface area (Å²) in [4.78, 5) is 0. The molecule has 1 aromatic carbocycles. The third-order valence-electron chi connectivity index (χ3n) is 3.76. The van der Waals surface area contributed by atoms with Crippen LogP contribution in [0.5, 0.6) is 5.75 Å². The second-order valence-corrected chi connectivity index (χ2v) is 5.60. The summed E-state index contributed by atoms with van der Waals surface area (Å²) in [6.45, 7) is 2.27. The number of hydrogen-bond donors (Lipinski definition) is 1. The van der Waals surface area contributed by atoms with Crippen molar-refractivity contribution >= 4 is 48.9 Å². The Hall–Kier alpha value is 0.591. The molecule has 112 valence electrons. The maximum absolute atomic E-state index is 9.20. The molecule has 0 amide bonds. The summed E-state index contributed by atoms with van der Waals surface area (Å²) in [5.74, 6) is 0.367. The van der Waals surface area contributed by atoms with Gasteiger partial charge in [-0.1, -0.05) is 76.8 Å². The van der Waals surface area contributed by atoms with E-state index in [4.69, 9.17) is 0 Å². The standard InChI is InChI=1S/C18H30O.Ba.2H/c1-2-3-4-5-6-7-8-9-10-11-12-17-13-15-18(19)16-14-17;;;/h13-16,19H,2-12H2,1H3;;;. The van der Waals surface area contributed by atoms with Gasteiger partial charge in [-0.3, -0.25) is 0 Å². The van der Waals surface area contributed by atoms with Gasteiger partial charge in [-0.2, -0.15) is 0 Å². The van der Waals surface area contributed by atoms with Gasteiger partial charge in [0.05, 0.1) is 0 Å². The second kappa shape index (κ2) is 14.5. The van der Waals surface area contributed by atoms with Gasteiger partial charge in [-0.25, -0.2) is 0 Å². The van der Waals surface area contributed by atoms with E-state index in [1.165, 1.54) is 69.8 Å². The summed E-state index contributed by atoms with van der Waals surface area (Å²) in [7, 11) is 0. The molecule has 0 aliphatic carbocycles. The monoisotopic (exact) mass is 402 g/mol. The average molecular weight is 402 g/mol. The summed E-state index contributed by atoms with van der Waals surface area (Å²) >= 11 is 0. The van der Waals surface area contributed by atoms with Gasteiger partial charge in [-0.15, -0.1) is 0 Å². The molecule has 0 aromatic heterocycles. The van der Waals surface area contributed by atoms with Crippen LogP contribution in [0.2, 0.25) is 0 Å². The Morgan fingerprint density at radius 1 is 0.700 bits per heavy atom. The van der Waals surface area contributed by atoms with Crippen molar-refractivity contribution < 1.29 is 5.11 Å². The molecule has 0 fully saturated rings. The van der Waals surface area contributed by atoms with Gasteiger partial charge in [0.2, 0.25) is 0 Å². The Balaban J connectivity index is 0.00000361. The molecule has 1 aromatic rings. The fraction of sp³-hybridized carbons (Fsp3) is 0.667. The van der Waals surface area contributed by atoms with Crippen LogP contribution >= 0.6 is 0 Å². The van der Waals surface area contributed by atoms with Crippen LogP contribution in [0, 0.1) is 0 Å². The number of hydrogen-bond acceptors (Lipinski definition) is 1. The number of aromatic hydroxyl groups is 1. The van der Waals surface area contributed by atoms with Crippen LogP contribution in [-0.4, -0.2) is 54.0 Å². The van der Waals surface area contributed by atoms with E-state index in [0.717, 1.165) is 6.42 Å². The van der Waals surface area contributed by atoms with Crippen LogP contribution < -0.4 is 0 Å². The van der Waals surface area contributed by atoms with Gasteiger partial charge in [0.1, 0.15) is 5.75 Å². The summed E-state index contributed by atoms with van der Waals surface area (Å²) in [5, 5.41) is 9.20. The van der Waals surface area contributed by atoms with Crippen LogP contribution in [0.3, 0.4) is 0 Å². The topological polar surface area (TPSA) is 20.2 Å². The summed E-state index contributed by atoms with van der Waals surface area (Å²) < 4.78 is 0. The van der Waals surface area contributed by atoms with Gasteiger partial charge in [0.25, 0.3) is 0 Å². The fourth-order valence-electron chi connectivity index (χ4n) is 2.48. The van der Waals surface area contributed by atoms with Crippen molar-refractivity contribution in [1.82, 2.24) is 0 Å². The van der Waals surface area contributed by atoms with Crippen LogP contribution in [0.15, 0.2) is 24.3 Å². The SMILES string of the molecule is CCCCCCCCCCCCc1ccc(O)cc1.[BaH2]. The molecule has 0 heterocycles. The zero-order valence-electron chi connectivity index (χ0n) is 12.5. The second-order valence-electron chi connectivity index (χ2n) is 5.60. The number of rotatable bonds is 11. The van der Waals surface area contributed by atoms with E-state index in [2.05, 4.69) is 6.92 Å². The quantitative estimate of drug-likeness (QED) is 0.411. The molecule has 0 aliphatic rings. The predicted molar refractivity (Wildman–Crippen MR) is 92.2 cm³/mol. The zero-order chi connectivity index (χ0) is 13.8. The molecule has 20 heavy (non-hydrogen) atoms. The van der Waals surface area contributed by atoms with Gasteiger partial charge in [0.15, 0.2) is 0 Å². The van der Waals surface area contributed by atoms with Crippen molar-refractivity contribution in [3.8, 4) is 5.75 Å². The van der Waals surface area contributed by atoms with E-state index in [0.29, 0.717) is 5.75 Å². The molecule has 0 atom stereocenters. The van der Waals surface area contributed by atoms with E-state index in [1.54, 1.807) is 12.1 Å². The molecule has 1 nitrogen and oxygen atoms in total. The van der Waals surface area contributed by atoms with Gasteiger partial charge < -0.3 is 5.11 Å². The van der Waals surface area contributed by atoms with E-state index in [-0.39, 0.29) is 48.9 Å². The summed E-state index contributed by atoms with van der Waals surface area (Å²) in [5.41, 5.74) is 1.34. The minimum absolute atomic E-state index is 0. The molecule has 0 saturated heterocycles. The van der Waals surface area contributed by atoms with E-state index < -0.39 is 0 Å². The van der Waals surface area contributed by atoms with Crippen molar-refractivity contribution in [3.05, 3.63) is 29.8 Å². The molecule has 0 spiro atoms. The van der Waals surface area contributed by atoms with Crippen molar-refractivity contribution in [1.29, 1.82) is 0 Å². The van der Waals surface area contributed by atoms with Crippen molar-refractivity contribution in [2.45, 2.75) is 77.6 Å². The fourth-order valence-corrected chi connectivity index (χ4v) is 2.48. The minimum atomic E-state index is 0. The number of unbranched alkanes of at least 4 members (excludes halogenated alkanes) is 9. The molecule has 0 saturated carbocycles. The number of benzene rings is 1. The van der Waals surface area contributed by atoms with Crippen LogP contribution in [-0.2, 0) is 6.42 Å². The molecule has 0 unspecified atom stereocenters. The Morgan fingerprint density at radius 2 is 1.15 bits per heavy atom. The normalized spacial score (nSPS) is 10.2. The van der Waals surface area contributed by atoms with Gasteiger partial charge >= 0.3 is 48.9 Å². The molecule has 1 N–H and O–H groups in total. The first-order valence-electron chi connectivity index (χ1n) is 8.11. The maximum atomic E-state index is 9.20. The number of phenolic OH excluding ortho intramolecular Hbond substituents is 1. The number of aryl methyl sites for hydroxylation is 1. The van der Waals surface area contributed by atoms with E-state index in [1.807, 2.05) is 12.1 Å². The molecule has 0 radical (unpaired) electrons. The van der Waals surface area contributed by atoms with E-state index in [9.17, 15) is 5.11 Å². The Labute approximate surface area is 165 Å². The summed E-state index contributed by atoms with van der Waals surface area (Å²) in [6.07, 6.45) is 15.0. The van der Waals surface area contributed by atoms with Crippen LogP contribution in [0.25, 0.3) is 0 Å². The van der Waals surface area contributed by atoms with Crippen LogP contribution in [0.4, 0.5) is 0 Å². The first-order chi connectivity index (χ1) is 9.33. The molecular weight excluding hydrogens is 370 g/mol. The van der Waals surface area contributed by atoms with Gasteiger partial charge in [0, 0.05) is 0 Å². The molecule has 1 rings (SSSR count). The Morgan fingerprint density at radius 3 is 1.65 bits per heavy atom. The molecule has 2 heteroatoms. The average Bonchev–Trinajstić information content (AvgIpc) is 2.43. The van der Waals surface area contributed by atoms with Crippen molar-refractivity contribution in [2.24, 2.45) is 0 Å². The molecule has 0 bridgehead atoms. The first-order valence-corrected chi connectivity index (χ1v) is 8.11. The zero-order valence-corrected chi connectivity index (χ0v) is 12.5. The van der Waals surface area contributed by atoms with Gasteiger partial charge in [-0.05, 0) is 30.5 Å². The predicted octanol–water partition coefficient (Wildman–Crippen LogP) is 4.94. The Bertz CT molecular complexity index is 308. The summed E-state index contributed by atoms with van der Waals surface area (Å²) in [6, 6.07) is 7.63. The Kier molecular flexibility index (Phi) is 15.0. The van der Waals surface area contributed by atoms with E-state index >= 15 is 0 Å². The third kappa shape index (κ3) is 11.3. The van der Waals surface area contributed by atoms with Crippen molar-refractivity contribution in [2.75, 3.05) is 0 Å².